The summed E-state index contributed by atoms with van der Waals surface area (Å²) in [7, 11) is 3.44. The molecule has 19 heavy (non-hydrogen) atoms. The van der Waals surface area contributed by atoms with Crippen molar-refractivity contribution in [2.75, 3.05) is 34.0 Å². The minimum Gasteiger partial charge on any atom is -0.497 e. The van der Waals surface area contributed by atoms with Gasteiger partial charge in [0.2, 0.25) is 0 Å². The first-order chi connectivity index (χ1) is 9.19. The third-order valence-electron chi connectivity index (χ3n) is 3.85. The Morgan fingerprint density at radius 3 is 2.58 bits per heavy atom. The molecular formula is C15H23NO3. The van der Waals surface area contributed by atoms with Gasteiger partial charge in [0.05, 0.1) is 13.7 Å². The maximum absolute atomic E-state index is 5.61. The zero-order valence-corrected chi connectivity index (χ0v) is 11.9. The first-order valence-electron chi connectivity index (χ1n) is 6.69. The number of hydrogen-bond donors (Lipinski definition) is 1. The Kier molecular flexibility index (Phi) is 4.80. The van der Waals surface area contributed by atoms with Gasteiger partial charge in [-0.3, -0.25) is 0 Å². The van der Waals surface area contributed by atoms with Crippen LogP contribution >= 0.6 is 0 Å². The molecule has 2 unspecified atom stereocenters. The monoisotopic (exact) mass is 265 g/mol. The van der Waals surface area contributed by atoms with E-state index in [9.17, 15) is 0 Å². The smallest absolute Gasteiger partial charge is 0.118 e. The van der Waals surface area contributed by atoms with Crippen molar-refractivity contribution in [3.05, 3.63) is 29.8 Å². The average molecular weight is 265 g/mol. The number of methoxy groups -OCH3 is 2. The van der Waals surface area contributed by atoms with Crippen LogP contribution in [-0.2, 0) is 9.47 Å². The molecule has 2 atom stereocenters. The highest BCUT2D eigenvalue weighted by molar-refractivity contribution is 5.28. The van der Waals surface area contributed by atoms with Crippen LogP contribution in [0.4, 0.5) is 0 Å². The number of benzene rings is 1. The molecule has 1 saturated heterocycles. The van der Waals surface area contributed by atoms with E-state index in [2.05, 4.69) is 24.4 Å². The van der Waals surface area contributed by atoms with Crippen molar-refractivity contribution in [2.45, 2.75) is 25.0 Å². The van der Waals surface area contributed by atoms with Gasteiger partial charge in [0.1, 0.15) is 11.4 Å². The normalized spacial score (nSPS) is 24.4. The molecule has 0 radical (unpaired) electrons. The summed E-state index contributed by atoms with van der Waals surface area (Å²) >= 11 is 0. The van der Waals surface area contributed by atoms with Crippen LogP contribution in [0.3, 0.4) is 0 Å². The van der Waals surface area contributed by atoms with Gasteiger partial charge in [-0.05, 0) is 24.6 Å². The van der Waals surface area contributed by atoms with E-state index in [1.807, 2.05) is 12.1 Å². The fraction of sp³-hybridized carbons (Fsp3) is 0.600. The lowest BCUT2D eigenvalue weighted by molar-refractivity contribution is -0.0172. The average Bonchev–Trinajstić information content (AvgIpc) is 2.94. The largest absolute Gasteiger partial charge is 0.497 e. The summed E-state index contributed by atoms with van der Waals surface area (Å²) in [6.07, 6.45) is 0.950. The topological polar surface area (TPSA) is 39.7 Å². The Bertz CT molecular complexity index is 385. The molecule has 4 nitrogen and oxygen atoms in total. The standard InChI is InChI=1S/C15H23NO3/c1-12(13-4-6-14(17-2)7-5-13)16-10-15(18-3)8-9-19-11-15/h4-7,12,16H,8-11H2,1-3H3. The summed E-state index contributed by atoms with van der Waals surface area (Å²) in [5, 5.41) is 3.52. The molecule has 1 fully saturated rings. The fourth-order valence-electron chi connectivity index (χ4n) is 2.31. The molecule has 1 aromatic carbocycles. The summed E-state index contributed by atoms with van der Waals surface area (Å²) in [6, 6.07) is 8.41. The summed E-state index contributed by atoms with van der Waals surface area (Å²) in [6.45, 7) is 4.41. The van der Waals surface area contributed by atoms with Crippen molar-refractivity contribution >= 4 is 0 Å². The van der Waals surface area contributed by atoms with Crippen molar-refractivity contribution < 1.29 is 14.2 Å². The molecule has 1 aliphatic rings. The lowest BCUT2D eigenvalue weighted by Gasteiger charge is -2.28. The number of rotatable bonds is 6. The maximum Gasteiger partial charge on any atom is 0.118 e. The molecule has 0 spiro atoms. The molecule has 4 heteroatoms. The Labute approximate surface area is 115 Å². The minimum absolute atomic E-state index is 0.166. The quantitative estimate of drug-likeness (QED) is 0.855. The zero-order valence-electron chi connectivity index (χ0n) is 11.9. The van der Waals surface area contributed by atoms with Crippen molar-refractivity contribution in [3.8, 4) is 5.75 Å². The molecule has 1 aliphatic heterocycles. The second kappa shape index (κ2) is 6.37. The third-order valence-corrected chi connectivity index (χ3v) is 3.85. The van der Waals surface area contributed by atoms with Gasteiger partial charge < -0.3 is 19.5 Å². The molecule has 0 saturated carbocycles. The molecular weight excluding hydrogens is 242 g/mol. The van der Waals surface area contributed by atoms with E-state index in [1.54, 1.807) is 14.2 Å². The molecule has 0 bridgehead atoms. The van der Waals surface area contributed by atoms with E-state index in [-0.39, 0.29) is 11.6 Å². The zero-order chi connectivity index (χ0) is 13.7. The van der Waals surface area contributed by atoms with Crippen molar-refractivity contribution in [1.29, 1.82) is 0 Å². The second-order valence-corrected chi connectivity index (χ2v) is 5.07. The SMILES string of the molecule is COc1ccc(C(C)NCC2(OC)CCOC2)cc1. The number of hydrogen-bond acceptors (Lipinski definition) is 4. The fourth-order valence-corrected chi connectivity index (χ4v) is 2.31. The first kappa shape index (κ1) is 14.3. The van der Waals surface area contributed by atoms with E-state index in [0.29, 0.717) is 6.61 Å². The first-order valence-corrected chi connectivity index (χ1v) is 6.69. The molecule has 1 N–H and O–H groups in total. The van der Waals surface area contributed by atoms with Crippen molar-refractivity contribution in [3.63, 3.8) is 0 Å². The van der Waals surface area contributed by atoms with Gasteiger partial charge in [-0.15, -0.1) is 0 Å². The van der Waals surface area contributed by atoms with Crippen LogP contribution in [0.15, 0.2) is 24.3 Å². The van der Waals surface area contributed by atoms with Crippen LogP contribution < -0.4 is 10.1 Å². The van der Waals surface area contributed by atoms with Gasteiger partial charge in [-0.2, -0.15) is 0 Å². The van der Waals surface area contributed by atoms with E-state index >= 15 is 0 Å². The highest BCUT2D eigenvalue weighted by Gasteiger charge is 2.34. The van der Waals surface area contributed by atoms with Gasteiger partial charge in [0.15, 0.2) is 0 Å². The van der Waals surface area contributed by atoms with Crippen LogP contribution in [0.2, 0.25) is 0 Å². The lowest BCUT2D eigenvalue weighted by Crippen LogP contribution is -2.43. The number of ether oxygens (including phenoxy) is 3. The third kappa shape index (κ3) is 3.47. The molecule has 1 aromatic rings. The molecule has 1 heterocycles. The number of nitrogens with one attached hydrogen (secondary N) is 1. The summed E-state index contributed by atoms with van der Waals surface area (Å²) in [4.78, 5) is 0. The van der Waals surface area contributed by atoms with Gasteiger partial charge in [-0.1, -0.05) is 12.1 Å². The molecule has 0 amide bonds. The van der Waals surface area contributed by atoms with E-state index in [0.717, 1.165) is 25.3 Å². The van der Waals surface area contributed by atoms with Gasteiger partial charge in [0.25, 0.3) is 0 Å². The predicted octanol–water partition coefficient (Wildman–Crippen LogP) is 2.15. The summed E-state index contributed by atoms with van der Waals surface area (Å²) < 4.78 is 16.2. The molecule has 106 valence electrons. The Morgan fingerprint density at radius 1 is 1.32 bits per heavy atom. The highest BCUT2D eigenvalue weighted by atomic mass is 16.5. The van der Waals surface area contributed by atoms with Crippen LogP contribution in [0.5, 0.6) is 5.75 Å². The van der Waals surface area contributed by atoms with Gasteiger partial charge in [-0.25, -0.2) is 0 Å². The van der Waals surface area contributed by atoms with Crippen LogP contribution in [0, 0.1) is 0 Å². The van der Waals surface area contributed by atoms with Crippen molar-refractivity contribution in [2.24, 2.45) is 0 Å². The van der Waals surface area contributed by atoms with Gasteiger partial charge in [0, 0.05) is 32.7 Å². The van der Waals surface area contributed by atoms with Crippen molar-refractivity contribution in [1.82, 2.24) is 5.32 Å². The minimum atomic E-state index is -0.166. The van der Waals surface area contributed by atoms with Gasteiger partial charge >= 0.3 is 0 Å². The molecule has 2 rings (SSSR count). The Morgan fingerprint density at radius 2 is 2.05 bits per heavy atom. The van der Waals surface area contributed by atoms with Crippen LogP contribution in [0.25, 0.3) is 0 Å². The second-order valence-electron chi connectivity index (χ2n) is 5.07. The van der Waals surface area contributed by atoms with E-state index in [4.69, 9.17) is 14.2 Å². The van der Waals surface area contributed by atoms with E-state index < -0.39 is 0 Å². The summed E-state index contributed by atoms with van der Waals surface area (Å²) in [5.41, 5.74) is 1.08. The van der Waals surface area contributed by atoms with Crippen LogP contribution in [-0.4, -0.2) is 39.6 Å². The predicted molar refractivity (Wildman–Crippen MR) is 74.6 cm³/mol. The lowest BCUT2D eigenvalue weighted by atomic mass is 10.0. The van der Waals surface area contributed by atoms with Crippen LogP contribution in [0.1, 0.15) is 24.9 Å². The highest BCUT2D eigenvalue weighted by Crippen LogP contribution is 2.23. The Hall–Kier alpha value is -1.10. The molecule has 0 aliphatic carbocycles. The van der Waals surface area contributed by atoms with E-state index in [1.165, 1.54) is 5.56 Å². The Balaban J connectivity index is 1.91. The summed E-state index contributed by atoms with van der Waals surface area (Å²) in [5.74, 6) is 0.883. The molecule has 0 aromatic heterocycles. The maximum atomic E-state index is 5.61.